The van der Waals surface area contributed by atoms with E-state index >= 15 is 0 Å². The second-order valence-electron chi connectivity index (χ2n) is 4.57. The largest absolute Gasteiger partial charge is 0.492 e. The van der Waals surface area contributed by atoms with Gasteiger partial charge in [-0.3, -0.25) is 0 Å². The highest BCUT2D eigenvalue weighted by Gasteiger charge is 2.36. The molecule has 21 heavy (non-hydrogen) atoms. The first kappa shape index (κ1) is 15.4. The van der Waals surface area contributed by atoms with E-state index in [4.69, 9.17) is 4.74 Å². The van der Waals surface area contributed by atoms with Gasteiger partial charge in [0.05, 0.1) is 6.61 Å². The summed E-state index contributed by atoms with van der Waals surface area (Å²) < 4.78 is 45.0. The number of hydrogen-bond donors (Lipinski definition) is 1. The lowest BCUT2D eigenvalue weighted by Crippen LogP contribution is -2.14. The zero-order valence-electron chi connectivity index (χ0n) is 12.1. The number of para-hydroxylation sites is 1. The minimum atomic E-state index is -4.50. The van der Waals surface area contributed by atoms with Crippen LogP contribution in [-0.4, -0.2) is 18.1 Å². The molecule has 1 heterocycles. The Bertz CT molecular complexity index is 653. The van der Waals surface area contributed by atoms with Gasteiger partial charge >= 0.3 is 6.18 Å². The van der Waals surface area contributed by atoms with Gasteiger partial charge in [0, 0.05) is 23.2 Å². The van der Waals surface area contributed by atoms with Crippen LogP contribution in [-0.2, 0) is 6.18 Å². The van der Waals surface area contributed by atoms with E-state index in [-0.39, 0.29) is 11.1 Å². The number of rotatable bonds is 4. The Kier molecular flexibility index (Phi) is 4.25. The Morgan fingerprint density at radius 1 is 1.24 bits per heavy atom. The van der Waals surface area contributed by atoms with Gasteiger partial charge in [0.15, 0.2) is 0 Å². The van der Waals surface area contributed by atoms with Gasteiger partial charge in [0.1, 0.15) is 17.0 Å². The zero-order valence-corrected chi connectivity index (χ0v) is 12.1. The third-order valence-corrected chi connectivity index (χ3v) is 3.14. The zero-order chi connectivity index (χ0) is 15.6. The fraction of sp³-hybridized carbons (Fsp3) is 0.400. The number of benzene rings is 1. The molecule has 0 aliphatic heterocycles. The number of nitrogens with one attached hydrogen (secondary N) is 1. The smallest absolute Gasteiger partial charge is 0.433 e. The summed E-state index contributed by atoms with van der Waals surface area (Å²) in [6.45, 7) is 5.94. The van der Waals surface area contributed by atoms with Gasteiger partial charge in [-0.05, 0) is 26.8 Å². The molecule has 0 fully saturated rings. The van der Waals surface area contributed by atoms with Crippen LogP contribution in [0.5, 0.6) is 5.75 Å². The minimum Gasteiger partial charge on any atom is -0.492 e. The molecule has 1 N–H and O–H groups in total. The van der Waals surface area contributed by atoms with E-state index in [2.05, 4.69) is 10.3 Å². The molecule has 0 amide bonds. The van der Waals surface area contributed by atoms with Gasteiger partial charge in [-0.25, -0.2) is 4.98 Å². The van der Waals surface area contributed by atoms with Crippen LogP contribution in [0.2, 0.25) is 0 Å². The van der Waals surface area contributed by atoms with Crippen LogP contribution < -0.4 is 10.1 Å². The first-order valence-corrected chi connectivity index (χ1v) is 6.77. The van der Waals surface area contributed by atoms with Crippen molar-refractivity contribution in [2.75, 3.05) is 18.5 Å². The molecular weight excluding hydrogens is 281 g/mol. The molecule has 2 rings (SSSR count). The van der Waals surface area contributed by atoms with Crippen molar-refractivity contribution >= 4 is 16.6 Å². The van der Waals surface area contributed by atoms with Crippen molar-refractivity contribution in [3.63, 3.8) is 0 Å². The van der Waals surface area contributed by atoms with Crippen molar-refractivity contribution in [2.45, 2.75) is 26.9 Å². The lowest BCUT2D eigenvalue weighted by molar-refractivity contribution is -0.141. The number of halogens is 3. The second-order valence-corrected chi connectivity index (χ2v) is 4.57. The summed E-state index contributed by atoms with van der Waals surface area (Å²) in [6.07, 6.45) is -4.50. The molecule has 2 aromatic rings. The Hall–Kier alpha value is -1.98. The van der Waals surface area contributed by atoms with Crippen LogP contribution >= 0.6 is 0 Å². The van der Waals surface area contributed by atoms with E-state index in [1.54, 1.807) is 25.1 Å². The highest BCUT2D eigenvalue weighted by atomic mass is 19.4. The Balaban J connectivity index is 2.83. The van der Waals surface area contributed by atoms with Crippen molar-refractivity contribution in [3.05, 3.63) is 29.5 Å². The Morgan fingerprint density at radius 3 is 2.52 bits per heavy atom. The molecule has 1 aromatic carbocycles. The fourth-order valence-electron chi connectivity index (χ4n) is 2.31. The monoisotopic (exact) mass is 298 g/mol. The number of fused-ring (bicyclic) bond motifs is 1. The number of ether oxygens (including phenoxy) is 1. The molecule has 6 heteroatoms. The molecule has 0 aliphatic rings. The van der Waals surface area contributed by atoms with Crippen LogP contribution in [0, 0.1) is 6.92 Å². The van der Waals surface area contributed by atoms with Gasteiger partial charge < -0.3 is 10.1 Å². The summed E-state index contributed by atoms with van der Waals surface area (Å²) in [7, 11) is 0. The maximum atomic E-state index is 13.2. The first-order chi connectivity index (χ1) is 9.90. The first-order valence-electron chi connectivity index (χ1n) is 6.77. The van der Waals surface area contributed by atoms with E-state index < -0.39 is 11.9 Å². The maximum Gasteiger partial charge on any atom is 0.433 e. The highest BCUT2D eigenvalue weighted by molar-refractivity contribution is 5.96. The number of nitrogens with zero attached hydrogens (tertiary/aromatic N) is 1. The van der Waals surface area contributed by atoms with E-state index in [0.717, 1.165) is 0 Å². The molecule has 0 bridgehead atoms. The SMILES string of the molecule is CCNc1c(C)c(C(F)(F)F)nc2c(OCC)cccc12. The van der Waals surface area contributed by atoms with Crippen molar-refractivity contribution < 1.29 is 17.9 Å². The molecule has 0 unspecified atom stereocenters. The van der Waals surface area contributed by atoms with Gasteiger partial charge in [-0.2, -0.15) is 13.2 Å². The molecular formula is C15H17F3N2O. The summed E-state index contributed by atoms with van der Waals surface area (Å²) in [4.78, 5) is 3.82. The number of aromatic nitrogens is 1. The number of hydrogen-bond acceptors (Lipinski definition) is 3. The number of alkyl halides is 3. The summed E-state index contributed by atoms with van der Waals surface area (Å²) in [5.74, 6) is 0.361. The average Bonchev–Trinajstić information content (AvgIpc) is 2.41. The Labute approximate surface area is 121 Å². The third kappa shape index (κ3) is 2.89. The molecule has 3 nitrogen and oxygen atoms in total. The van der Waals surface area contributed by atoms with E-state index in [1.807, 2.05) is 6.92 Å². The van der Waals surface area contributed by atoms with Crippen molar-refractivity contribution in [1.82, 2.24) is 4.98 Å². The quantitative estimate of drug-likeness (QED) is 0.909. The summed E-state index contributed by atoms with van der Waals surface area (Å²) in [5.41, 5.74) is -0.0896. The number of pyridine rings is 1. The predicted octanol–water partition coefficient (Wildman–Crippen LogP) is 4.39. The van der Waals surface area contributed by atoms with E-state index in [0.29, 0.717) is 30.0 Å². The van der Waals surface area contributed by atoms with E-state index in [1.165, 1.54) is 6.92 Å². The standard InChI is InChI=1S/C15H17F3N2O/c1-4-19-12-9(3)14(15(16,17)18)20-13-10(12)7-6-8-11(13)21-5-2/h6-8H,4-5H2,1-3H3,(H,19,20). The molecule has 114 valence electrons. The van der Waals surface area contributed by atoms with E-state index in [9.17, 15) is 13.2 Å². The summed E-state index contributed by atoms with van der Waals surface area (Å²) in [6, 6.07) is 5.13. The average molecular weight is 298 g/mol. The maximum absolute atomic E-state index is 13.2. The van der Waals surface area contributed by atoms with Crippen molar-refractivity contribution in [3.8, 4) is 5.75 Å². The van der Waals surface area contributed by atoms with Gasteiger partial charge in [0.25, 0.3) is 0 Å². The lowest BCUT2D eigenvalue weighted by atomic mass is 10.1. The van der Waals surface area contributed by atoms with Crippen LogP contribution in [0.25, 0.3) is 10.9 Å². The van der Waals surface area contributed by atoms with Crippen LogP contribution in [0.1, 0.15) is 25.1 Å². The second kappa shape index (κ2) is 5.79. The van der Waals surface area contributed by atoms with Crippen molar-refractivity contribution in [1.29, 1.82) is 0 Å². The van der Waals surface area contributed by atoms with Crippen molar-refractivity contribution in [2.24, 2.45) is 0 Å². The summed E-state index contributed by atoms with van der Waals surface area (Å²) in [5, 5.41) is 3.64. The molecule has 0 radical (unpaired) electrons. The Morgan fingerprint density at radius 2 is 1.95 bits per heavy atom. The topological polar surface area (TPSA) is 34.2 Å². The number of anilines is 1. The fourth-order valence-corrected chi connectivity index (χ4v) is 2.31. The third-order valence-electron chi connectivity index (χ3n) is 3.14. The predicted molar refractivity (Wildman–Crippen MR) is 76.8 cm³/mol. The molecule has 0 spiro atoms. The molecule has 0 atom stereocenters. The normalized spacial score (nSPS) is 11.7. The van der Waals surface area contributed by atoms with Gasteiger partial charge in [-0.1, -0.05) is 12.1 Å². The van der Waals surface area contributed by atoms with Crippen LogP contribution in [0.3, 0.4) is 0 Å². The van der Waals surface area contributed by atoms with Gasteiger partial charge in [0.2, 0.25) is 0 Å². The van der Waals surface area contributed by atoms with Crippen LogP contribution in [0.4, 0.5) is 18.9 Å². The minimum absolute atomic E-state index is 0.102. The lowest BCUT2D eigenvalue weighted by Gasteiger charge is -2.18. The molecule has 1 aromatic heterocycles. The molecule has 0 aliphatic carbocycles. The molecule has 0 saturated heterocycles. The van der Waals surface area contributed by atoms with Gasteiger partial charge in [-0.15, -0.1) is 0 Å². The van der Waals surface area contributed by atoms with Crippen LogP contribution in [0.15, 0.2) is 18.2 Å². The highest BCUT2D eigenvalue weighted by Crippen LogP contribution is 2.39. The summed E-state index contributed by atoms with van der Waals surface area (Å²) >= 11 is 0. The molecule has 0 saturated carbocycles.